The quantitative estimate of drug-likeness (QED) is 0.512. The molecule has 2 aromatic rings. The molecule has 1 atom stereocenters. The Morgan fingerprint density at radius 2 is 1.72 bits per heavy atom. The van der Waals surface area contributed by atoms with Crippen LogP contribution in [-0.2, 0) is 9.59 Å². The van der Waals surface area contributed by atoms with E-state index in [0.29, 0.717) is 17.3 Å². The molecule has 7 heteroatoms. The summed E-state index contributed by atoms with van der Waals surface area (Å²) in [5.74, 6) is -1.33. The van der Waals surface area contributed by atoms with E-state index < -0.39 is 11.8 Å². The molecule has 3 rings (SSSR count). The molecule has 0 saturated carbocycles. The van der Waals surface area contributed by atoms with Crippen LogP contribution in [0.2, 0.25) is 5.02 Å². The highest BCUT2D eigenvalue weighted by molar-refractivity contribution is 6.39. The van der Waals surface area contributed by atoms with Gasteiger partial charge in [-0.25, -0.2) is 0 Å². The smallest absolute Gasteiger partial charge is 0.313 e. The van der Waals surface area contributed by atoms with Crippen molar-refractivity contribution in [2.45, 2.75) is 13.0 Å². The normalized spacial score (nSPS) is 20.0. The molecule has 154 valence electrons. The fourth-order valence-corrected chi connectivity index (χ4v) is 3.86. The SMILES string of the molecule is Cc1ccc([C@H](CNC(=O)C(=O)Nc2cccc(Cl)c2)[NH+]2CC[NH+](C)CC2)cc1. The molecule has 2 aromatic carbocycles. The number of hydrogen-bond donors (Lipinski definition) is 4. The zero-order valence-corrected chi connectivity index (χ0v) is 17.7. The average Bonchev–Trinajstić information content (AvgIpc) is 2.70. The third-order valence-corrected chi connectivity index (χ3v) is 5.71. The molecular formula is C22H29ClN4O2+2. The largest absolute Gasteiger partial charge is 0.341 e. The van der Waals surface area contributed by atoms with Crippen molar-refractivity contribution in [2.75, 3.05) is 45.1 Å². The third kappa shape index (κ3) is 6.03. The molecule has 0 aliphatic carbocycles. The van der Waals surface area contributed by atoms with Crippen molar-refractivity contribution >= 4 is 29.1 Å². The van der Waals surface area contributed by atoms with Gasteiger partial charge in [0, 0.05) is 16.3 Å². The number of likely N-dealkylation sites (N-methyl/N-ethyl adjacent to an activating group) is 1. The second-order valence-corrected chi connectivity index (χ2v) is 8.19. The molecule has 0 radical (unpaired) electrons. The molecule has 1 aliphatic heterocycles. The van der Waals surface area contributed by atoms with Crippen LogP contribution in [-0.4, -0.2) is 51.6 Å². The Bertz CT molecular complexity index is 848. The number of hydrogen-bond acceptors (Lipinski definition) is 2. The zero-order valence-electron chi connectivity index (χ0n) is 16.9. The van der Waals surface area contributed by atoms with Crippen LogP contribution in [0.15, 0.2) is 48.5 Å². The van der Waals surface area contributed by atoms with E-state index in [1.807, 2.05) is 0 Å². The van der Waals surface area contributed by atoms with E-state index in [2.05, 4.69) is 48.9 Å². The number of amides is 2. The van der Waals surface area contributed by atoms with Gasteiger partial charge in [0.25, 0.3) is 0 Å². The van der Waals surface area contributed by atoms with Crippen LogP contribution in [0, 0.1) is 6.92 Å². The molecule has 1 heterocycles. The second-order valence-electron chi connectivity index (χ2n) is 7.75. The zero-order chi connectivity index (χ0) is 20.8. The number of halogens is 1. The Hall–Kier alpha value is -2.41. The minimum absolute atomic E-state index is 0.117. The van der Waals surface area contributed by atoms with Gasteiger partial charge in [0.1, 0.15) is 32.2 Å². The molecule has 0 bridgehead atoms. The van der Waals surface area contributed by atoms with Gasteiger partial charge in [-0.3, -0.25) is 9.59 Å². The molecule has 6 nitrogen and oxygen atoms in total. The first kappa shape index (κ1) is 21.3. The standard InChI is InChI=1S/C22H27ClN4O2/c1-16-6-8-17(9-7-16)20(27-12-10-26(2)11-13-27)15-24-21(28)22(29)25-19-5-3-4-18(23)14-19/h3-9,14,20H,10-13,15H2,1-2H3,(H,24,28)(H,25,29)/p+2/t20-/m0/s1. The molecule has 1 fully saturated rings. The summed E-state index contributed by atoms with van der Waals surface area (Å²) >= 11 is 5.93. The van der Waals surface area contributed by atoms with Crippen molar-refractivity contribution in [2.24, 2.45) is 0 Å². The summed E-state index contributed by atoms with van der Waals surface area (Å²) in [5, 5.41) is 5.92. The predicted molar refractivity (Wildman–Crippen MR) is 114 cm³/mol. The van der Waals surface area contributed by atoms with Crippen LogP contribution in [0.5, 0.6) is 0 Å². The van der Waals surface area contributed by atoms with Crippen molar-refractivity contribution in [3.63, 3.8) is 0 Å². The van der Waals surface area contributed by atoms with Gasteiger partial charge in [-0.05, 0) is 25.1 Å². The molecule has 4 N–H and O–H groups in total. The molecule has 1 aliphatic rings. The molecule has 1 saturated heterocycles. The first-order valence-electron chi connectivity index (χ1n) is 9.99. The summed E-state index contributed by atoms with van der Waals surface area (Å²) < 4.78 is 0. The molecule has 0 unspecified atom stereocenters. The van der Waals surface area contributed by atoms with Gasteiger partial charge in [-0.1, -0.05) is 47.5 Å². The lowest BCUT2D eigenvalue weighted by Gasteiger charge is -2.33. The monoisotopic (exact) mass is 416 g/mol. The maximum Gasteiger partial charge on any atom is 0.313 e. The summed E-state index contributed by atoms with van der Waals surface area (Å²) in [5.41, 5.74) is 2.89. The fraction of sp³-hybridized carbons (Fsp3) is 0.364. The van der Waals surface area contributed by atoms with Gasteiger partial charge >= 0.3 is 11.8 Å². The summed E-state index contributed by atoms with van der Waals surface area (Å²) in [6.07, 6.45) is 0. The van der Waals surface area contributed by atoms with E-state index in [1.165, 1.54) is 20.9 Å². The van der Waals surface area contributed by atoms with Crippen LogP contribution in [0.25, 0.3) is 0 Å². The number of nitrogens with one attached hydrogen (secondary N) is 4. The van der Waals surface area contributed by atoms with E-state index >= 15 is 0 Å². The van der Waals surface area contributed by atoms with Crippen LogP contribution in [0.4, 0.5) is 5.69 Å². The van der Waals surface area contributed by atoms with Crippen molar-refractivity contribution in [1.82, 2.24) is 5.32 Å². The summed E-state index contributed by atoms with van der Waals surface area (Å²) in [6, 6.07) is 15.3. The number of carbonyl (C=O) groups excluding carboxylic acids is 2. The Morgan fingerprint density at radius 3 is 2.38 bits per heavy atom. The van der Waals surface area contributed by atoms with Crippen molar-refractivity contribution < 1.29 is 19.4 Å². The summed E-state index contributed by atoms with van der Waals surface area (Å²) in [4.78, 5) is 27.6. The highest BCUT2D eigenvalue weighted by atomic mass is 35.5. The number of quaternary nitrogens is 2. The van der Waals surface area contributed by atoms with Gasteiger partial charge < -0.3 is 20.4 Å². The molecule has 0 aromatic heterocycles. The lowest BCUT2D eigenvalue weighted by molar-refractivity contribution is -1.02. The number of rotatable bonds is 5. The first-order valence-corrected chi connectivity index (χ1v) is 10.4. The lowest BCUT2D eigenvalue weighted by Crippen LogP contribution is -3.27. The predicted octanol–water partition coefficient (Wildman–Crippen LogP) is -0.142. The average molecular weight is 417 g/mol. The van der Waals surface area contributed by atoms with Gasteiger partial charge in [0.05, 0.1) is 13.6 Å². The van der Waals surface area contributed by atoms with E-state index in [9.17, 15) is 9.59 Å². The van der Waals surface area contributed by atoms with Crippen molar-refractivity contribution in [3.05, 3.63) is 64.7 Å². The van der Waals surface area contributed by atoms with Crippen LogP contribution < -0.4 is 20.4 Å². The molecule has 2 amide bonds. The summed E-state index contributed by atoms with van der Waals surface area (Å²) in [6.45, 7) is 6.75. The number of piperazine rings is 1. The third-order valence-electron chi connectivity index (χ3n) is 5.47. The van der Waals surface area contributed by atoms with Gasteiger partial charge in [0.15, 0.2) is 0 Å². The number of carbonyl (C=O) groups is 2. The highest BCUT2D eigenvalue weighted by Crippen LogP contribution is 2.15. The Kier molecular flexibility index (Phi) is 7.25. The maximum atomic E-state index is 12.4. The topological polar surface area (TPSA) is 67.1 Å². The lowest BCUT2D eigenvalue weighted by atomic mass is 10.0. The fourth-order valence-electron chi connectivity index (χ4n) is 3.67. The highest BCUT2D eigenvalue weighted by Gasteiger charge is 2.30. The molecular weight excluding hydrogens is 388 g/mol. The van der Waals surface area contributed by atoms with E-state index in [1.54, 1.807) is 24.3 Å². The van der Waals surface area contributed by atoms with E-state index in [-0.39, 0.29) is 6.04 Å². The van der Waals surface area contributed by atoms with Crippen molar-refractivity contribution in [3.8, 4) is 0 Å². The van der Waals surface area contributed by atoms with Gasteiger partial charge in [0.2, 0.25) is 0 Å². The maximum absolute atomic E-state index is 12.4. The first-order chi connectivity index (χ1) is 13.9. The second kappa shape index (κ2) is 9.87. The number of anilines is 1. The number of benzene rings is 2. The Balaban J connectivity index is 1.64. The van der Waals surface area contributed by atoms with Crippen LogP contribution >= 0.6 is 11.6 Å². The van der Waals surface area contributed by atoms with E-state index in [0.717, 1.165) is 26.2 Å². The number of aryl methyl sites for hydroxylation is 1. The van der Waals surface area contributed by atoms with Gasteiger partial charge in [-0.2, -0.15) is 0 Å². The Labute approximate surface area is 176 Å². The van der Waals surface area contributed by atoms with Gasteiger partial charge in [-0.15, -0.1) is 0 Å². The van der Waals surface area contributed by atoms with Crippen molar-refractivity contribution in [1.29, 1.82) is 0 Å². The van der Waals surface area contributed by atoms with Crippen LogP contribution in [0.3, 0.4) is 0 Å². The summed E-state index contributed by atoms with van der Waals surface area (Å²) in [7, 11) is 2.21. The minimum Gasteiger partial charge on any atom is -0.341 e. The molecule has 0 spiro atoms. The van der Waals surface area contributed by atoms with Crippen LogP contribution in [0.1, 0.15) is 17.2 Å². The Morgan fingerprint density at radius 1 is 1.03 bits per heavy atom. The molecule has 29 heavy (non-hydrogen) atoms. The minimum atomic E-state index is -0.687. The van der Waals surface area contributed by atoms with E-state index in [4.69, 9.17) is 11.6 Å².